The van der Waals surface area contributed by atoms with Gasteiger partial charge in [-0.1, -0.05) is 11.6 Å². The fourth-order valence-corrected chi connectivity index (χ4v) is 3.05. The molecule has 0 saturated carbocycles. The first-order valence-corrected chi connectivity index (χ1v) is 8.67. The topological polar surface area (TPSA) is 93.0 Å². The lowest BCUT2D eigenvalue weighted by atomic mass is 10.1. The first-order chi connectivity index (χ1) is 13.1. The summed E-state index contributed by atoms with van der Waals surface area (Å²) < 4.78 is 1.57. The highest BCUT2D eigenvalue weighted by Gasteiger charge is 2.35. The number of anilines is 2. The average Bonchev–Trinajstić information content (AvgIpc) is 3.33. The quantitative estimate of drug-likeness (QED) is 0.747. The van der Waals surface area contributed by atoms with Crippen LogP contribution in [0.15, 0.2) is 55.1 Å². The molecule has 9 heteroatoms. The number of benzene rings is 1. The van der Waals surface area contributed by atoms with Gasteiger partial charge in [0.15, 0.2) is 5.82 Å². The molecule has 136 valence electrons. The van der Waals surface area contributed by atoms with Crippen LogP contribution in [0.25, 0.3) is 5.82 Å². The Hall–Kier alpha value is -3.26. The number of nitrogens with zero attached hydrogens (tertiary/aromatic N) is 5. The number of aromatic nitrogens is 4. The van der Waals surface area contributed by atoms with Crippen molar-refractivity contribution in [3.8, 4) is 5.82 Å². The van der Waals surface area contributed by atoms with Crippen molar-refractivity contribution in [3.63, 3.8) is 0 Å². The van der Waals surface area contributed by atoms with Crippen LogP contribution in [0.5, 0.6) is 0 Å². The molecule has 3 aromatic rings. The van der Waals surface area contributed by atoms with Crippen molar-refractivity contribution in [2.24, 2.45) is 5.92 Å². The molecule has 1 aromatic carbocycles. The van der Waals surface area contributed by atoms with Gasteiger partial charge < -0.3 is 10.2 Å². The van der Waals surface area contributed by atoms with Crippen LogP contribution in [0.4, 0.5) is 11.5 Å². The maximum absolute atomic E-state index is 12.6. The Bertz CT molecular complexity index is 974. The van der Waals surface area contributed by atoms with Crippen LogP contribution < -0.4 is 10.2 Å². The number of carbonyl (C=O) groups excluding carboxylic acids is 2. The second-order valence-electron chi connectivity index (χ2n) is 6.08. The summed E-state index contributed by atoms with van der Waals surface area (Å²) in [5, 5.41) is 7.45. The van der Waals surface area contributed by atoms with E-state index in [4.69, 9.17) is 11.6 Å². The Morgan fingerprint density at radius 2 is 2.04 bits per heavy atom. The molecular formula is C18H15ClN6O2. The molecule has 1 unspecified atom stereocenters. The van der Waals surface area contributed by atoms with Gasteiger partial charge in [0.25, 0.3) is 0 Å². The van der Waals surface area contributed by atoms with E-state index in [9.17, 15) is 9.59 Å². The SMILES string of the molecule is O=C(Nc1cc(-n2cccn2)ncn1)C1CC(=O)N(c2ccc(Cl)cc2)C1. The van der Waals surface area contributed by atoms with E-state index >= 15 is 0 Å². The smallest absolute Gasteiger partial charge is 0.230 e. The van der Waals surface area contributed by atoms with Crippen LogP contribution >= 0.6 is 11.6 Å². The van der Waals surface area contributed by atoms with Crippen molar-refractivity contribution >= 4 is 34.9 Å². The van der Waals surface area contributed by atoms with E-state index in [0.29, 0.717) is 23.2 Å². The van der Waals surface area contributed by atoms with E-state index < -0.39 is 5.92 Å². The zero-order chi connectivity index (χ0) is 18.8. The van der Waals surface area contributed by atoms with Crippen LogP contribution in [-0.4, -0.2) is 38.1 Å². The molecule has 1 aliphatic rings. The molecule has 27 heavy (non-hydrogen) atoms. The zero-order valence-electron chi connectivity index (χ0n) is 14.1. The minimum atomic E-state index is -0.462. The molecule has 2 aromatic heterocycles. The lowest BCUT2D eigenvalue weighted by molar-refractivity contribution is -0.122. The van der Waals surface area contributed by atoms with Gasteiger partial charge in [-0.3, -0.25) is 9.59 Å². The predicted octanol–water partition coefficient (Wildman–Crippen LogP) is 2.31. The van der Waals surface area contributed by atoms with Crippen molar-refractivity contribution in [1.29, 1.82) is 0 Å². The van der Waals surface area contributed by atoms with Crippen LogP contribution in [0, 0.1) is 5.92 Å². The molecule has 0 aliphatic carbocycles. The molecular weight excluding hydrogens is 368 g/mol. The van der Waals surface area contributed by atoms with Gasteiger partial charge in [0.1, 0.15) is 12.1 Å². The highest BCUT2D eigenvalue weighted by Crippen LogP contribution is 2.27. The Kier molecular flexibility index (Phi) is 4.55. The molecule has 1 aliphatic heterocycles. The zero-order valence-corrected chi connectivity index (χ0v) is 14.9. The second kappa shape index (κ2) is 7.16. The van der Waals surface area contributed by atoms with Gasteiger partial charge in [0.05, 0.1) is 5.92 Å². The van der Waals surface area contributed by atoms with E-state index in [-0.39, 0.29) is 18.2 Å². The Labute approximate surface area is 159 Å². The third-order valence-electron chi connectivity index (χ3n) is 4.28. The number of rotatable bonds is 4. The van der Waals surface area contributed by atoms with E-state index in [1.807, 2.05) is 0 Å². The number of nitrogens with one attached hydrogen (secondary N) is 1. The van der Waals surface area contributed by atoms with Gasteiger partial charge in [0.2, 0.25) is 11.8 Å². The molecule has 2 amide bonds. The van der Waals surface area contributed by atoms with Crippen molar-refractivity contribution < 1.29 is 9.59 Å². The van der Waals surface area contributed by atoms with Crippen molar-refractivity contribution in [3.05, 3.63) is 60.1 Å². The van der Waals surface area contributed by atoms with Crippen LogP contribution in [0.1, 0.15) is 6.42 Å². The maximum Gasteiger partial charge on any atom is 0.230 e. The van der Waals surface area contributed by atoms with Gasteiger partial charge in [-0.2, -0.15) is 5.10 Å². The highest BCUT2D eigenvalue weighted by molar-refractivity contribution is 6.30. The van der Waals surface area contributed by atoms with Crippen LogP contribution in [0.3, 0.4) is 0 Å². The summed E-state index contributed by atoms with van der Waals surface area (Å²) in [5.41, 5.74) is 0.725. The van der Waals surface area contributed by atoms with Gasteiger partial charge in [-0.25, -0.2) is 14.6 Å². The highest BCUT2D eigenvalue weighted by atomic mass is 35.5. The maximum atomic E-state index is 12.6. The normalized spacial score (nSPS) is 16.6. The van der Waals surface area contributed by atoms with E-state index in [0.717, 1.165) is 5.69 Å². The van der Waals surface area contributed by atoms with Crippen LogP contribution in [-0.2, 0) is 9.59 Å². The summed E-state index contributed by atoms with van der Waals surface area (Å²) in [6.45, 7) is 0.309. The minimum absolute atomic E-state index is 0.0996. The fraction of sp³-hybridized carbons (Fsp3) is 0.167. The van der Waals surface area contributed by atoms with Crippen molar-refractivity contribution in [2.75, 3.05) is 16.8 Å². The first kappa shape index (κ1) is 17.2. The lowest BCUT2D eigenvalue weighted by Crippen LogP contribution is -2.28. The summed E-state index contributed by atoms with van der Waals surface area (Å²) >= 11 is 5.89. The van der Waals surface area contributed by atoms with Crippen molar-refractivity contribution in [2.45, 2.75) is 6.42 Å². The first-order valence-electron chi connectivity index (χ1n) is 8.29. The lowest BCUT2D eigenvalue weighted by Gasteiger charge is -2.16. The summed E-state index contributed by atoms with van der Waals surface area (Å²) in [7, 11) is 0. The Morgan fingerprint density at radius 1 is 1.22 bits per heavy atom. The third-order valence-corrected chi connectivity index (χ3v) is 4.53. The average molecular weight is 383 g/mol. The summed E-state index contributed by atoms with van der Waals surface area (Å²) in [6, 6.07) is 10.4. The molecule has 0 radical (unpaired) electrons. The van der Waals surface area contributed by atoms with Gasteiger partial charge in [0, 0.05) is 42.1 Å². The van der Waals surface area contributed by atoms with Crippen LogP contribution in [0.2, 0.25) is 5.02 Å². The molecule has 1 N–H and O–H groups in total. The number of halogens is 1. The van der Waals surface area contributed by atoms with Gasteiger partial charge >= 0.3 is 0 Å². The number of carbonyl (C=O) groups is 2. The van der Waals surface area contributed by atoms with Gasteiger partial charge in [-0.05, 0) is 30.3 Å². The molecule has 0 spiro atoms. The predicted molar refractivity (Wildman–Crippen MR) is 99.7 cm³/mol. The number of amides is 2. The van der Waals surface area contributed by atoms with Gasteiger partial charge in [-0.15, -0.1) is 0 Å². The van der Waals surface area contributed by atoms with Crippen molar-refractivity contribution in [1.82, 2.24) is 19.7 Å². The molecule has 1 saturated heterocycles. The Morgan fingerprint density at radius 3 is 2.78 bits per heavy atom. The molecule has 3 heterocycles. The molecule has 8 nitrogen and oxygen atoms in total. The summed E-state index contributed by atoms with van der Waals surface area (Å²) in [5.74, 6) is 0.0760. The molecule has 1 fully saturated rings. The largest absolute Gasteiger partial charge is 0.312 e. The van der Waals surface area contributed by atoms with E-state index in [1.54, 1.807) is 58.4 Å². The van der Waals surface area contributed by atoms with E-state index in [2.05, 4.69) is 20.4 Å². The molecule has 4 rings (SSSR count). The minimum Gasteiger partial charge on any atom is -0.312 e. The monoisotopic (exact) mass is 382 g/mol. The number of hydrogen-bond donors (Lipinski definition) is 1. The summed E-state index contributed by atoms with van der Waals surface area (Å²) in [6.07, 6.45) is 4.88. The van der Waals surface area contributed by atoms with E-state index in [1.165, 1.54) is 6.33 Å². The second-order valence-corrected chi connectivity index (χ2v) is 6.52. The Balaban J connectivity index is 1.45. The fourth-order valence-electron chi connectivity index (χ4n) is 2.93. The molecule has 0 bridgehead atoms. The molecule has 1 atom stereocenters. The third kappa shape index (κ3) is 3.65. The summed E-state index contributed by atoms with van der Waals surface area (Å²) in [4.78, 5) is 34.7. The standard InChI is InChI=1S/C18H15ClN6O2/c19-13-2-4-14(5-3-13)24-10-12(8-17(24)26)18(27)23-15-9-16(21-11-20-15)25-7-1-6-22-25/h1-7,9,11-12H,8,10H2,(H,20,21,23,27). The number of hydrogen-bond acceptors (Lipinski definition) is 5.